The van der Waals surface area contributed by atoms with Gasteiger partial charge in [0.2, 0.25) is 5.91 Å². The molecule has 0 saturated heterocycles. The maximum atomic E-state index is 13.0. The maximum Gasteiger partial charge on any atom is 0.407 e. The van der Waals surface area contributed by atoms with E-state index in [0.29, 0.717) is 6.42 Å². The molecule has 0 bridgehead atoms. The van der Waals surface area contributed by atoms with Crippen LogP contribution in [0.2, 0.25) is 0 Å². The third kappa shape index (κ3) is 5.84. The number of fused-ring (bicyclic) bond motifs is 3. The number of alkyl carbamates (subject to hydrolysis) is 1. The maximum absolute atomic E-state index is 13.0. The molecule has 35 heavy (non-hydrogen) atoms. The van der Waals surface area contributed by atoms with Gasteiger partial charge in [0, 0.05) is 24.4 Å². The highest BCUT2D eigenvalue weighted by Crippen LogP contribution is 2.44. The second kappa shape index (κ2) is 11.4. The third-order valence-corrected chi connectivity index (χ3v) is 7.12. The van der Waals surface area contributed by atoms with Crippen molar-refractivity contribution in [3.05, 3.63) is 59.7 Å². The Morgan fingerprint density at radius 2 is 1.63 bits per heavy atom. The number of hydrogen-bond donors (Lipinski definition) is 2. The molecule has 0 heterocycles. The second-order valence-electron chi connectivity index (χ2n) is 9.51. The first-order valence-corrected chi connectivity index (χ1v) is 12.6. The molecule has 7 heteroatoms. The molecular weight excluding hydrogens is 444 g/mol. The Kier molecular flexibility index (Phi) is 8.06. The second-order valence-corrected chi connectivity index (χ2v) is 9.51. The molecule has 0 aliphatic heterocycles. The van der Waals surface area contributed by atoms with Gasteiger partial charge in [0.1, 0.15) is 13.2 Å². The molecule has 0 spiro atoms. The van der Waals surface area contributed by atoms with E-state index in [1.54, 1.807) is 0 Å². The van der Waals surface area contributed by atoms with Crippen LogP contribution >= 0.6 is 0 Å². The highest BCUT2D eigenvalue weighted by atomic mass is 16.5. The summed E-state index contributed by atoms with van der Waals surface area (Å²) in [6.45, 7) is 1.90. The molecular formula is C28H34N2O5. The van der Waals surface area contributed by atoms with Crippen molar-refractivity contribution >= 4 is 18.0 Å². The van der Waals surface area contributed by atoms with Gasteiger partial charge in [-0.1, -0.05) is 74.7 Å². The average Bonchev–Trinajstić information content (AvgIpc) is 3.48. The molecule has 4 rings (SSSR count). The van der Waals surface area contributed by atoms with Gasteiger partial charge in [-0.05, 0) is 41.5 Å². The largest absolute Gasteiger partial charge is 0.480 e. The summed E-state index contributed by atoms with van der Waals surface area (Å²) < 4.78 is 5.65. The van der Waals surface area contributed by atoms with Gasteiger partial charge >= 0.3 is 12.1 Å². The number of nitrogens with zero attached hydrogens (tertiary/aromatic N) is 1. The summed E-state index contributed by atoms with van der Waals surface area (Å²) >= 11 is 0. The summed E-state index contributed by atoms with van der Waals surface area (Å²) in [5.41, 5.74) is 4.61. The number of carbonyl (C=O) groups is 3. The zero-order valence-electron chi connectivity index (χ0n) is 20.2. The topological polar surface area (TPSA) is 95.9 Å². The molecule has 0 radical (unpaired) electrons. The van der Waals surface area contributed by atoms with E-state index in [0.717, 1.165) is 54.4 Å². The lowest BCUT2D eigenvalue weighted by molar-refractivity contribution is -0.146. The highest BCUT2D eigenvalue weighted by Gasteiger charge is 2.31. The average molecular weight is 479 g/mol. The number of nitrogens with one attached hydrogen (secondary N) is 1. The molecule has 1 unspecified atom stereocenters. The van der Waals surface area contributed by atoms with E-state index in [1.807, 2.05) is 31.2 Å². The number of amides is 2. The Morgan fingerprint density at radius 1 is 1.03 bits per heavy atom. The van der Waals surface area contributed by atoms with Crippen LogP contribution in [0.3, 0.4) is 0 Å². The van der Waals surface area contributed by atoms with Gasteiger partial charge in [-0.2, -0.15) is 0 Å². The molecule has 0 aromatic heterocycles. The molecule has 1 fully saturated rings. The van der Waals surface area contributed by atoms with Crippen molar-refractivity contribution in [2.75, 3.05) is 13.2 Å². The quantitative estimate of drug-likeness (QED) is 0.504. The predicted octanol–water partition coefficient (Wildman–Crippen LogP) is 4.94. The molecule has 2 amide bonds. The van der Waals surface area contributed by atoms with Crippen molar-refractivity contribution in [2.45, 2.75) is 69.9 Å². The van der Waals surface area contributed by atoms with Crippen LogP contribution in [-0.4, -0.2) is 53.2 Å². The van der Waals surface area contributed by atoms with Gasteiger partial charge in [-0.3, -0.25) is 9.59 Å². The first-order valence-electron chi connectivity index (χ1n) is 12.6. The lowest BCUT2D eigenvalue weighted by Gasteiger charge is -2.29. The number of ether oxygens (including phenoxy) is 1. The van der Waals surface area contributed by atoms with Gasteiger partial charge in [0.15, 0.2) is 0 Å². The van der Waals surface area contributed by atoms with Gasteiger partial charge < -0.3 is 20.1 Å². The fourth-order valence-corrected chi connectivity index (χ4v) is 5.49. The molecule has 7 nitrogen and oxygen atoms in total. The Bertz CT molecular complexity index is 1020. The smallest absolute Gasteiger partial charge is 0.407 e. The van der Waals surface area contributed by atoms with E-state index in [4.69, 9.17) is 4.74 Å². The SMILES string of the molecule is CCCC(CC(=O)N(CC(=O)O)C1CCCC1)NC(=O)OCC1c2ccccc2-c2ccccc21. The van der Waals surface area contributed by atoms with Crippen LogP contribution in [0.5, 0.6) is 0 Å². The predicted molar refractivity (Wildman–Crippen MR) is 133 cm³/mol. The summed E-state index contributed by atoms with van der Waals surface area (Å²) in [6, 6.07) is 15.9. The van der Waals surface area contributed by atoms with Crippen LogP contribution in [0.25, 0.3) is 11.1 Å². The summed E-state index contributed by atoms with van der Waals surface area (Å²) in [4.78, 5) is 38.6. The zero-order valence-corrected chi connectivity index (χ0v) is 20.2. The number of benzene rings is 2. The number of carboxylic acids is 1. The number of rotatable bonds is 10. The fourth-order valence-electron chi connectivity index (χ4n) is 5.49. The number of hydrogen-bond acceptors (Lipinski definition) is 4. The summed E-state index contributed by atoms with van der Waals surface area (Å²) in [6.07, 6.45) is 4.58. The Hall–Kier alpha value is -3.35. The van der Waals surface area contributed by atoms with E-state index in [9.17, 15) is 19.5 Å². The fraction of sp³-hybridized carbons (Fsp3) is 0.464. The monoisotopic (exact) mass is 478 g/mol. The van der Waals surface area contributed by atoms with Gasteiger partial charge in [0.25, 0.3) is 0 Å². The Balaban J connectivity index is 1.37. The molecule has 2 N–H and O–H groups in total. The first-order chi connectivity index (χ1) is 17.0. The Labute approximate surface area is 206 Å². The van der Waals surface area contributed by atoms with Gasteiger partial charge in [0.05, 0.1) is 0 Å². The molecule has 2 aromatic carbocycles. The van der Waals surface area contributed by atoms with Crippen molar-refractivity contribution in [3.8, 4) is 11.1 Å². The summed E-state index contributed by atoms with van der Waals surface area (Å²) in [7, 11) is 0. The first kappa shape index (κ1) is 24.8. The van der Waals surface area contributed by atoms with Crippen LogP contribution in [-0.2, 0) is 14.3 Å². The van der Waals surface area contributed by atoms with Crippen LogP contribution in [0.15, 0.2) is 48.5 Å². The van der Waals surface area contributed by atoms with Crippen molar-refractivity contribution in [1.29, 1.82) is 0 Å². The van der Waals surface area contributed by atoms with E-state index >= 15 is 0 Å². The molecule has 2 aromatic rings. The third-order valence-electron chi connectivity index (χ3n) is 7.12. The molecule has 1 atom stereocenters. The van der Waals surface area contributed by atoms with Crippen LogP contribution < -0.4 is 5.32 Å². The van der Waals surface area contributed by atoms with Crippen molar-refractivity contribution in [3.63, 3.8) is 0 Å². The van der Waals surface area contributed by atoms with Crippen LogP contribution in [0, 0.1) is 0 Å². The zero-order chi connectivity index (χ0) is 24.8. The van der Waals surface area contributed by atoms with Crippen molar-refractivity contribution in [1.82, 2.24) is 10.2 Å². The minimum atomic E-state index is -1.01. The highest BCUT2D eigenvalue weighted by molar-refractivity contribution is 5.83. The minimum absolute atomic E-state index is 0.0321. The van der Waals surface area contributed by atoms with E-state index in [2.05, 4.69) is 29.6 Å². The number of carbonyl (C=O) groups excluding carboxylic acids is 2. The van der Waals surface area contributed by atoms with Gasteiger partial charge in [-0.15, -0.1) is 0 Å². The molecule has 2 aliphatic carbocycles. The van der Waals surface area contributed by atoms with Crippen LogP contribution in [0.1, 0.15) is 68.9 Å². The molecule has 186 valence electrons. The molecule has 2 aliphatic rings. The van der Waals surface area contributed by atoms with E-state index in [-0.39, 0.29) is 37.4 Å². The van der Waals surface area contributed by atoms with E-state index in [1.165, 1.54) is 4.90 Å². The Morgan fingerprint density at radius 3 is 2.20 bits per heavy atom. The van der Waals surface area contributed by atoms with Crippen molar-refractivity contribution in [2.24, 2.45) is 0 Å². The number of carboxylic acid groups (broad SMARTS) is 1. The van der Waals surface area contributed by atoms with Crippen molar-refractivity contribution < 1.29 is 24.2 Å². The normalized spacial score (nSPS) is 15.8. The van der Waals surface area contributed by atoms with Gasteiger partial charge in [-0.25, -0.2) is 4.79 Å². The summed E-state index contributed by atoms with van der Waals surface area (Å²) in [5, 5.41) is 12.2. The number of aliphatic carboxylic acids is 1. The standard InChI is InChI=1S/C28H34N2O5/c1-2-9-19(16-26(31)30(17-27(32)33)20-10-3-4-11-20)29-28(34)35-18-25-23-14-7-5-12-21(23)22-13-6-8-15-24(22)25/h5-8,12-15,19-20,25H,2-4,9-11,16-18H2,1H3,(H,29,34)(H,32,33). The minimum Gasteiger partial charge on any atom is -0.480 e. The van der Waals surface area contributed by atoms with E-state index < -0.39 is 18.1 Å². The van der Waals surface area contributed by atoms with Crippen LogP contribution in [0.4, 0.5) is 4.79 Å². The lowest BCUT2D eigenvalue weighted by atomic mass is 9.98. The molecule has 1 saturated carbocycles. The summed E-state index contributed by atoms with van der Waals surface area (Å²) in [5.74, 6) is -1.27. The lowest BCUT2D eigenvalue weighted by Crippen LogP contribution is -2.46.